The molecule has 0 fully saturated rings. The summed E-state index contributed by atoms with van der Waals surface area (Å²) in [6.07, 6.45) is 1.53. The van der Waals surface area contributed by atoms with Crippen molar-refractivity contribution >= 4 is 22.8 Å². The second-order valence-corrected chi connectivity index (χ2v) is 7.46. The Balaban J connectivity index is 1.75. The first kappa shape index (κ1) is 21.2. The summed E-state index contributed by atoms with van der Waals surface area (Å²) in [6.45, 7) is -0.151. The second-order valence-electron chi connectivity index (χ2n) is 7.46. The molecule has 2 N–H and O–H groups in total. The summed E-state index contributed by atoms with van der Waals surface area (Å²) < 4.78 is 0. The predicted molar refractivity (Wildman–Crippen MR) is 121 cm³/mol. The first-order chi connectivity index (χ1) is 15.6. The van der Waals surface area contributed by atoms with Crippen LogP contribution in [-0.2, 0) is 6.54 Å². The van der Waals surface area contributed by atoms with Gasteiger partial charge in [0, 0.05) is 18.1 Å². The number of amides is 1. The number of pyridine rings is 1. The zero-order valence-corrected chi connectivity index (χ0v) is 17.3. The lowest BCUT2D eigenvalue weighted by Crippen LogP contribution is -2.36. The zero-order chi connectivity index (χ0) is 22.5. The topological polar surface area (TPSA) is 90.7 Å². The number of aliphatic hydroxyl groups is 1. The number of aliphatic hydroxyl groups excluding tert-OH is 1. The molecule has 1 aromatic heterocycles. The van der Waals surface area contributed by atoms with E-state index in [9.17, 15) is 19.8 Å². The first-order valence-electron chi connectivity index (χ1n) is 10.2. The number of rotatable bonds is 7. The summed E-state index contributed by atoms with van der Waals surface area (Å²) in [6, 6.07) is 24.5. The van der Waals surface area contributed by atoms with E-state index in [2.05, 4.69) is 4.98 Å². The van der Waals surface area contributed by atoms with Crippen molar-refractivity contribution in [2.75, 3.05) is 6.61 Å². The molecule has 0 aliphatic heterocycles. The fourth-order valence-corrected chi connectivity index (χ4v) is 3.74. The van der Waals surface area contributed by atoms with Gasteiger partial charge in [-0.25, -0.2) is 4.79 Å². The van der Waals surface area contributed by atoms with E-state index in [0.29, 0.717) is 11.1 Å². The van der Waals surface area contributed by atoms with Crippen molar-refractivity contribution < 1.29 is 19.8 Å². The van der Waals surface area contributed by atoms with Crippen LogP contribution in [0.5, 0.6) is 0 Å². The minimum Gasteiger partial charge on any atom is -0.478 e. The number of carbonyl (C=O) groups is 2. The monoisotopic (exact) mass is 426 g/mol. The van der Waals surface area contributed by atoms with Gasteiger partial charge in [0.2, 0.25) is 0 Å². The first-order valence-corrected chi connectivity index (χ1v) is 10.2. The summed E-state index contributed by atoms with van der Waals surface area (Å²) in [5, 5.41) is 20.4. The average Bonchev–Trinajstić information content (AvgIpc) is 2.84. The Hall–Kier alpha value is -4.03. The summed E-state index contributed by atoms with van der Waals surface area (Å²) in [4.78, 5) is 31.0. The molecule has 0 spiro atoms. The summed E-state index contributed by atoms with van der Waals surface area (Å²) in [5.74, 6) is -1.34. The van der Waals surface area contributed by atoms with Gasteiger partial charge in [0.25, 0.3) is 5.91 Å². The van der Waals surface area contributed by atoms with Gasteiger partial charge in [0.05, 0.1) is 29.3 Å². The number of hydrogen-bond acceptors (Lipinski definition) is 4. The molecule has 1 atom stereocenters. The van der Waals surface area contributed by atoms with Crippen molar-refractivity contribution in [2.24, 2.45) is 0 Å². The molecule has 4 rings (SSSR count). The predicted octanol–water partition coefficient (Wildman–Crippen LogP) is 4.31. The summed E-state index contributed by atoms with van der Waals surface area (Å²) in [5.41, 5.74) is 2.76. The highest BCUT2D eigenvalue weighted by Gasteiger charge is 2.26. The maximum atomic E-state index is 13.6. The quantitative estimate of drug-likeness (QED) is 0.460. The fourth-order valence-electron chi connectivity index (χ4n) is 3.74. The average molecular weight is 426 g/mol. The molecule has 3 aromatic carbocycles. The lowest BCUT2D eigenvalue weighted by Gasteiger charge is -2.31. The molecule has 0 unspecified atom stereocenters. The van der Waals surface area contributed by atoms with Crippen LogP contribution in [0.3, 0.4) is 0 Å². The Morgan fingerprint density at radius 1 is 0.875 bits per heavy atom. The molecule has 0 aliphatic carbocycles. The van der Waals surface area contributed by atoms with Gasteiger partial charge in [-0.15, -0.1) is 0 Å². The minimum atomic E-state index is -1.04. The molecule has 0 saturated carbocycles. The molecule has 160 valence electrons. The minimum absolute atomic E-state index is 0.132. The number of carbonyl (C=O) groups excluding carboxylic acids is 1. The maximum Gasteiger partial charge on any atom is 0.335 e. The molecule has 4 aromatic rings. The second kappa shape index (κ2) is 9.41. The van der Waals surface area contributed by atoms with Gasteiger partial charge < -0.3 is 15.1 Å². The molecule has 6 nitrogen and oxygen atoms in total. The number of carboxylic acid groups (broad SMARTS) is 1. The van der Waals surface area contributed by atoms with Crippen LogP contribution in [0, 0.1) is 0 Å². The van der Waals surface area contributed by atoms with Crippen LogP contribution >= 0.6 is 0 Å². The number of nitrogens with zero attached hydrogens (tertiary/aromatic N) is 2. The van der Waals surface area contributed by atoms with Crippen molar-refractivity contribution in [1.82, 2.24) is 9.88 Å². The molecule has 6 heteroatoms. The SMILES string of the molecule is O=C(O)c1cccc(CN(C(=O)c2cnc3ccccc3c2)[C@H](CO)c2ccccc2)c1. The van der Waals surface area contributed by atoms with Gasteiger partial charge >= 0.3 is 5.97 Å². The molecule has 1 heterocycles. The van der Waals surface area contributed by atoms with Gasteiger partial charge in [0.1, 0.15) is 0 Å². The van der Waals surface area contributed by atoms with E-state index in [4.69, 9.17) is 0 Å². The van der Waals surface area contributed by atoms with Gasteiger partial charge in [-0.3, -0.25) is 9.78 Å². The lowest BCUT2D eigenvalue weighted by molar-refractivity contribution is 0.0568. The Kier molecular flexibility index (Phi) is 6.24. The standard InChI is InChI=1S/C26H22N2O4/c29-17-24(19-8-2-1-3-9-19)28(16-18-7-6-11-21(13-18)26(31)32)25(30)22-14-20-10-4-5-12-23(20)27-15-22/h1-15,24,29H,16-17H2,(H,31,32)/t24-/m1/s1. The van der Waals surface area contributed by atoms with Crippen LogP contribution in [0.15, 0.2) is 91.1 Å². The van der Waals surface area contributed by atoms with Crippen LogP contribution < -0.4 is 0 Å². The van der Waals surface area contributed by atoms with Crippen LogP contribution in [0.1, 0.15) is 37.9 Å². The van der Waals surface area contributed by atoms with Gasteiger partial charge in [-0.1, -0.05) is 60.7 Å². The van der Waals surface area contributed by atoms with E-state index < -0.39 is 12.0 Å². The number of benzene rings is 3. The number of aromatic carboxylic acids is 1. The van der Waals surface area contributed by atoms with Crippen LogP contribution in [0.2, 0.25) is 0 Å². The molecule has 0 saturated heterocycles. The van der Waals surface area contributed by atoms with E-state index >= 15 is 0 Å². The Morgan fingerprint density at radius 3 is 2.38 bits per heavy atom. The number of aromatic nitrogens is 1. The van der Waals surface area contributed by atoms with Crippen molar-refractivity contribution in [3.63, 3.8) is 0 Å². The van der Waals surface area contributed by atoms with E-state index in [1.807, 2.05) is 54.6 Å². The van der Waals surface area contributed by atoms with E-state index in [0.717, 1.165) is 16.5 Å². The normalized spacial score (nSPS) is 11.8. The third-order valence-corrected chi connectivity index (χ3v) is 5.36. The molecular formula is C26H22N2O4. The molecule has 0 radical (unpaired) electrons. The third kappa shape index (κ3) is 4.50. The van der Waals surface area contributed by atoms with Crippen LogP contribution in [-0.4, -0.2) is 38.6 Å². The van der Waals surface area contributed by atoms with Crippen molar-refractivity contribution in [3.05, 3.63) is 113 Å². The Labute approximate surface area is 185 Å². The van der Waals surface area contributed by atoms with E-state index in [-0.39, 0.29) is 24.6 Å². The highest BCUT2D eigenvalue weighted by Crippen LogP contribution is 2.26. The largest absolute Gasteiger partial charge is 0.478 e. The fraction of sp³-hybridized carbons (Fsp3) is 0.115. The molecule has 0 aliphatic rings. The molecular weight excluding hydrogens is 404 g/mol. The Morgan fingerprint density at radius 2 is 1.62 bits per heavy atom. The number of carboxylic acids is 1. The number of hydrogen-bond donors (Lipinski definition) is 2. The summed E-state index contributed by atoms with van der Waals surface area (Å²) in [7, 11) is 0. The van der Waals surface area contributed by atoms with Gasteiger partial charge in [-0.05, 0) is 35.4 Å². The third-order valence-electron chi connectivity index (χ3n) is 5.36. The van der Waals surface area contributed by atoms with Gasteiger partial charge in [0.15, 0.2) is 0 Å². The highest BCUT2D eigenvalue weighted by molar-refractivity contribution is 5.97. The number of para-hydroxylation sites is 1. The number of fused-ring (bicyclic) bond motifs is 1. The molecule has 0 bridgehead atoms. The Bertz CT molecular complexity index is 1260. The van der Waals surface area contributed by atoms with Crippen molar-refractivity contribution in [1.29, 1.82) is 0 Å². The smallest absolute Gasteiger partial charge is 0.335 e. The van der Waals surface area contributed by atoms with Crippen LogP contribution in [0.4, 0.5) is 0 Å². The van der Waals surface area contributed by atoms with Crippen molar-refractivity contribution in [2.45, 2.75) is 12.6 Å². The lowest BCUT2D eigenvalue weighted by atomic mass is 10.0. The summed E-state index contributed by atoms with van der Waals surface area (Å²) >= 11 is 0. The van der Waals surface area contributed by atoms with Crippen molar-refractivity contribution in [3.8, 4) is 0 Å². The van der Waals surface area contributed by atoms with E-state index in [1.165, 1.54) is 12.3 Å². The molecule has 32 heavy (non-hydrogen) atoms. The molecule has 1 amide bonds. The zero-order valence-electron chi connectivity index (χ0n) is 17.3. The highest BCUT2D eigenvalue weighted by atomic mass is 16.4. The van der Waals surface area contributed by atoms with E-state index in [1.54, 1.807) is 29.2 Å². The maximum absolute atomic E-state index is 13.6. The van der Waals surface area contributed by atoms with Gasteiger partial charge in [-0.2, -0.15) is 0 Å². The van der Waals surface area contributed by atoms with Crippen LogP contribution in [0.25, 0.3) is 10.9 Å².